The minimum Gasteiger partial charge on any atom is -0.504 e. The van der Waals surface area contributed by atoms with Crippen molar-refractivity contribution in [3.8, 4) is 28.7 Å². The van der Waals surface area contributed by atoms with Crippen molar-refractivity contribution in [3.63, 3.8) is 0 Å². The Morgan fingerprint density at radius 1 is 0.971 bits per heavy atom. The van der Waals surface area contributed by atoms with Crippen LogP contribution in [0.1, 0.15) is 22.0 Å². The number of rotatable bonds is 5. The summed E-state index contributed by atoms with van der Waals surface area (Å²) in [5.41, 5.74) is 0.136. The number of ether oxygens (including phenoxy) is 4. The minimum absolute atomic E-state index is 0.0172. The first-order valence-corrected chi connectivity index (χ1v) is 10.3. The summed E-state index contributed by atoms with van der Waals surface area (Å²) in [6, 6.07) is 6.25. The van der Waals surface area contributed by atoms with E-state index in [9.17, 15) is 40.5 Å². The quantitative estimate of drug-likeness (QED) is 0.257. The molecule has 4 rings (SSSR count). The predicted molar refractivity (Wildman–Crippen MR) is 111 cm³/mol. The molecule has 0 bridgehead atoms. The van der Waals surface area contributed by atoms with E-state index < -0.39 is 66.8 Å². The monoisotopic (exact) mass is 480 g/mol. The van der Waals surface area contributed by atoms with E-state index in [4.69, 9.17) is 18.9 Å². The van der Waals surface area contributed by atoms with Crippen LogP contribution in [0, 0.1) is 0 Å². The maximum Gasteiger partial charge on any atom is 0.229 e. The third kappa shape index (κ3) is 4.11. The van der Waals surface area contributed by atoms with Gasteiger partial charge in [0.2, 0.25) is 12.1 Å². The van der Waals surface area contributed by atoms with E-state index in [1.54, 1.807) is 0 Å². The molecular formula is C22H24O12. The van der Waals surface area contributed by atoms with Crippen molar-refractivity contribution < 1.29 is 59.5 Å². The van der Waals surface area contributed by atoms with Crippen molar-refractivity contribution in [2.24, 2.45) is 0 Å². The molecule has 0 saturated carbocycles. The lowest BCUT2D eigenvalue weighted by Crippen LogP contribution is -2.60. The number of carbonyl (C=O) groups is 1. The fourth-order valence-corrected chi connectivity index (χ4v) is 3.88. The lowest BCUT2D eigenvalue weighted by Gasteiger charge is -2.39. The van der Waals surface area contributed by atoms with E-state index in [2.05, 4.69) is 0 Å². The standard InChI is InChI=1S/C22H24O12/c1-31-12-5-9(32-22-20(30)18(28)16(26)14(7-23)34-22)6-13-15(12)17(27)19(29)21(33-13)8-2-3-10(24)11(25)4-8/h2-6,14,16,18-26,28-30H,7H2,1H3/t14-,16+,18+,19-,20+,21+,22+/m0/s1. The fourth-order valence-electron chi connectivity index (χ4n) is 3.88. The summed E-state index contributed by atoms with van der Waals surface area (Å²) in [7, 11) is 1.27. The van der Waals surface area contributed by atoms with E-state index in [1.165, 1.54) is 31.4 Å². The number of aliphatic hydroxyl groups excluding tert-OH is 5. The minimum atomic E-state index is -1.67. The van der Waals surface area contributed by atoms with Crippen molar-refractivity contribution >= 4 is 5.78 Å². The topological polar surface area (TPSA) is 196 Å². The molecule has 1 fully saturated rings. The molecule has 34 heavy (non-hydrogen) atoms. The van der Waals surface area contributed by atoms with Crippen LogP contribution in [0.2, 0.25) is 0 Å². The van der Waals surface area contributed by atoms with Gasteiger partial charge in [-0.2, -0.15) is 0 Å². The number of fused-ring (bicyclic) bond motifs is 1. The van der Waals surface area contributed by atoms with Gasteiger partial charge in [-0.25, -0.2) is 0 Å². The van der Waals surface area contributed by atoms with E-state index in [0.717, 1.165) is 6.07 Å². The van der Waals surface area contributed by atoms with Crippen LogP contribution in [0.4, 0.5) is 0 Å². The van der Waals surface area contributed by atoms with Gasteiger partial charge in [0.15, 0.2) is 23.7 Å². The van der Waals surface area contributed by atoms with E-state index >= 15 is 0 Å². The average molecular weight is 480 g/mol. The molecule has 7 atom stereocenters. The molecule has 12 heteroatoms. The number of hydrogen-bond donors (Lipinski definition) is 7. The van der Waals surface area contributed by atoms with Crippen LogP contribution in [0.3, 0.4) is 0 Å². The second kappa shape index (κ2) is 9.25. The highest BCUT2D eigenvalue weighted by molar-refractivity contribution is 6.05. The van der Waals surface area contributed by atoms with Gasteiger partial charge in [-0.15, -0.1) is 0 Å². The molecule has 2 aliphatic rings. The highest BCUT2D eigenvalue weighted by Gasteiger charge is 2.45. The van der Waals surface area contributed by atoms with Crippen LogP contribution in [0.5, 0.6) is 28.7 Å². The molecule has 2 aromatic rings. The Kier molecular flexibility index (Phi) is 6.53. The lowest BCUT2D eigenvalue weighted by molar-refractivity contribution is -0.277. The molecule has 0 amide bonds. The molecule has 0 aromatic heterocycles. The number of aliphatic hydroxyl groups is 5. The van der Waals surface area contributed by atoms with Gasteiger partial charge in [-0.1, -0.05) is 6.07 Å². The molecule has 0 spiro atoms. The number of ketones is 1. The van der Waals surface area contributed by atoms with Crippen LogP contribution in [-0.2, 0) is 4.74 Å². The molecule has 12 nitrogen and oxygen atoms in total. The molecule has 0 radical (unpaired) electrons. The van der Waals surface area contributed by atoms with Crippen molar-refractivity contribution in [2.75, 3.05) is 13.7 Å². The zero-order valence-electron chi connectivity index (χ0n) is 17.8. The smallest absolute Gasteiger partial charge is 0.229 e. The Morgan fingerprint density at radius 3 is 2.35 bits per heavy atom. The lowest BCUT2D eigenvalue weighted by atomic mass is 9.92. The maximum absolute atomic E-state index is 12.9. The zero-order valence-corrected chi connectivity index (χ0v) is 17.8. The van der Waals surface area contributed by atoms with Gasteiger partial charge in [0.1, 0.15) is 47.2 Å². The summed E-state index contributed by atoms with van der Waals surface area (Å²) in [4.78, 5) is 12.9. The highest BCUT2D eigenvalue weighted by atomic mass is 16.7. The highest BCUT2D eigenvalue weighted by Crippen LogP contribution is 2.44. The number of phenols is 2. The second-order valence-corrected chi connectivity index (χ2v) is 7.91. The molecule has 2 aliphatic heterocycles. The molecule has 0 aliphatic carbocycles. The number of methoxy groups -OCH3 is 1. The number of Topliss-reactive ketones (excluding diaryl/α,β-unsaturated/α-hetero) is 1. The summed E-state index contributed by atoms with van der Waals surface area (Å²) >= 11 is 0. The normalized spacial score (nSPS) is 30.9. The molecular weight excluding hydrogens is 456 g/mol. The van der Waals surface area contributed by atoms with E-state index in [-0.39, 0.29) is 28.4 Å². The third-order valence-corrected chi connectivity index (χ3v) is 5.74. The Balaban J connectivity index is 1.67. The van der Waals surface area contributed by atoms with Gasteiger partial charge >= 0.3 is 0 Å². The first-order valence-electron chi connectivity index (χ1n) is 10.3. The zero-order chi connectivity index (χ0) is 24.7. The van der Waals surface area contributed by atoms with Crippen LogP contribution in [-0.4, -0.2) is 92.1 Å². The molecule has 184 valence electrons. The number of carbonyl (C=O) groups excluding carboxylic acids is 1. The Labute approximate surface area is 192 Å². The molecule has 0 unspecified atom stereocenters. The van der Waals surface area contributed by atoms with Gasteiger partial charge in [0.05, 0.1) is 13.7 Å². The van der Waals surface area contributed by atoms with Crippen molar-refractivity contribution in [3.05, 3.63) is 41.5 Å². The van der Waals surface area contributed by atoms with Crippen molar-refractivity contribution in [1.29, 1.82) is 0 Å². The third-order valence-electron chi connectivity index (χ3n) is 5.74. The van der Waals surface area contributed by atoms with Crippen molar-refractivity contribution in [2.45, 2.75) is 42.9 Å². The number of benzene rings is 2. The first-order chi connectivity index (χ1) is 16.2. The summed E-state index contributed by atoms with van der Waals surface area (Å²) in [6.07, 6.45) is -10.5. The summed E-state index contributed by atoms with van der Waals surface area (Å²) in [5, 5.41) is 69.4. The maximum atomic E-state index is 12.9. The first kappa shape index (κ1) is 24.0. The van der Waals surface area contributed by atoms with E-state index in [0.29, 0.717) is 0 Å². The Bertz CT molecular complexity index is 1070. The van der Waals surface area contributed by atoms with Crippen LogP contribution in [0.25, 0.3) is 0 Å². The SMILES string of the molecule is COc1cc(O[C@@H]2O[C@@H](CO)[C@@H](O)[C@@H](O)[C@H]2O)cc2c1C(=O)[C@H](O)[C@@H](c1ccc(O)c(O)c1)O2. The van der Waals surface area contributed by atoms with Gasteiger partial charge in [0, 0.05) is 12.1 Å². The van der Waals surface area contributed by atoms with Gasteiger partial charge in [-0.05, 0) is 17.7 Å². The van der Waals surface area contributed by atoms with Gasteiger partial charge < -0.3 is 54.7 Å². The average Bonchev–Trinajstić information content (AvgIpc) is 2.82. The van der Waals surface area contributed by atoms with Crippen LogP contribution >= 0.6 is 0 Å². The predicted octanol–water partition coefficient (Wildman–Crippen LogP) is -1.04. The van der Waals surface area contributed by atoms with Gasteiger partial charge in [-0.3, -0.25) is 4.79 Å². The van der Waals surface area contributed by atoms with Crippen molar-refractivity contribution in [1.82, 2.24) is 0 Å². The molecule has 2 aromatic carbocycles. The second-order valence-electron chi connectivity index (χ2n) is 7.91. The number of phenolic OH excluding ortho intramolecular Hbond substituents is 2. The molecule has 1 saturated heterocycles. The summed E-state index contributed by atoms with van der Waals surface area (Å²) < 4.78 is 22.0. The summed E-state index contributed by atoms with van der Waals surface area (Å²) in [5.74, 6) is -1.67. The van der Waals surface area contributed by atoms with Crippen LogP contribution < -0.4 is 14.2 Å². The molecule has 7 N–H and O–H groups in total. The van der Waals surface area contributed by atoms with Gasteiger partial charge in [0.25, 0.3) is 0 Å². The molecule has 2 heterocycles. The van der Waals surface area contributed by atoms with Crippen LogP contribution in [0.15, 0.2) is 30.3 Å². The fraction of sp³-hybridized carbons (Fsp3) is 0.409. The largest absolute Gasteiger partial charge is 0.504 e. The Morgan fingerprint density at radius 2 is 1.71 bits per heavy atom. The number of hydrogen-bond acceptors (Lipinski definition) is 12. The van der Waals surface area contributed by atoms with E-state index in [1.807, 2.05) is 0 Å². The number of aromatic hydroxyl groups is 2. The summed E-state index contributed by atoms with van der Waals surface area (Å²) in [6.45, 7) is -0.644. The Hall–Kier alpha value is -3.13.